The van der Waals surface area contributed by atoms with Gasteiger partial charge in [0.1, 0.15) is 0 Å². The van der Waals surface area contributed by atoms with Gasteiger partial charge in [-0.05, 0) is 28.8 Å². The van der Waals surface area contributed by atoms with Gasteiger partial charge in [0.05, 0.1) is 6.42 Å². The molecule has 0 aliphatic rings. The zero-order valence-corrected chi connectivity index (χ0v) is 11.7. The summed E-state index contributed by atoms with van der Waals surface area (Å²) in [5.74, 6) is -1.56. The highest BCUT2D eigenvalue weighted by Gasteiger charge is 2.18. The number of aliphatic carboxylic acids is 1. The third kappa shape index (κ3) is 3.05. The number of ketones is 1. The largest absolute Gasteiger partial charge is 0.481 e. The number of Topliss-reactive ketones (excluding diaryl/α,β-unsaturated/α-hetero) is 1. The molecule has 0 heterocycles. The Morgan fingerprint density at radius 1 is 1.10 bits per heavy atom. The summed E-state index contributed by atoms with van der Waals surface area (Å²) in [5, 5.41) is 10.9. The Bertz CT molecular complexity index is 658. The van der Waals surface area contributed by atoms with Gasteiger partial charge in [-0.25, -0.2) is 0 Å². The molecule has 0 saturated heterocycles. The van der Waals surface area contributed by atoms with E-state index in [0.717, 1.165) is 17.2 Å². The van der Waals surface area contributed by atoms with E-state index in [1.165, 1.54) is 5.56 Å². The Labute approximate surface area is 118 Å². The lowest BCUT2D eigenvalue weighted by Gasteiger charge is -2.09. The van der Waals surface area contributed by atoms with E-state index in [1.807, 2.05) is 18.2 Å². The number of aryl methyl sites for hydroxylation is 1. The molecule has 1 atom stereocenters. The van der Waals surface area contributed by atoms with Gasteiger partial charge in [0, 0.05) is 11.5 Å². The summed E-state index contributed by atoms with van der Waals surface area (Å²) in [4.78, 5) is 22.9. The maximum atomic E-state index is 12.2. The number of fused-ring (bicyclic) bond motifs is 1. The highest BCUT2D eigenvalue weighted by atomic mass is 16.4. The minimum atomic E-state index is -0.945. The van der Waals surface area contributed by atoms with Gasteiger partial charge in [-0.3, -0.25) is 9.59 Å². The van der Waals surface area contributed by atoms with Gasteiger partial charge in [0.25, 0.3) is 0 Å². The second-order valence-corrected chi connectivity index (χ2v) is 5.11. The lowest BCUT2D eigenvalue weighted by Crippen LogP contribution is -2.15. The van der Waals surface area contributed by atoms with Gasteiger partial charge in [0.15, 0.2) is 5.78 Å². The fourth-order valence-electron chi connectivity index (χ4n) is 2.31. The molecule has 104 valence electrons. The Kier molecular flexibility index (Phi) is 4.18. The molecular weight excluding hydrogens is 252 g/mol. The minimum absolute atomic E-state index is 0.117. The molecule has 0 bridgehead atoms. The average molecular weight is 270 g/mol. The number of hydrogen-bond acceptors (Lipinski definition) is 2. The van der Waals surface area contributed by atoms with Crippen LogP contribution in [0.25, 0.3) is 10.8 Å². The number of carboxylic acid groups (broad SMARTS) is 1. The fourth-order valence-corrected chi connectivity index (χ4v) is 2.31. The lowest BCUT2D eigenvalue weighted by molar-refractivity contribution is -0.137. The Hall–Kier alpha value is -2.16. The van der Waals surface area contributed by atoms with Crippen molar-refractivity contribution in [3.63, 3.8) is 0 Å². The SMILES string of the molecule is CCc1ccc2cc(C(=O)C(C)CC(=O)O)ccc2c1. The summed E-state index contributed by atoms with van der Waals surface area (Å²) in [6.45, 7) is 3.76. The van der Waals surface area contributed by atoms with E-state index in [-0.39, 0.29) is 12.2 Å². The summed E-state index contributed by atoms with van der Waals surface area (Å²) in [6, 6.07) is 11.7. The molecule has 0 aliphatic heterocycles. The van der Waals surface area contributed by atoms with Crippen LogP contribution in [-0.4, -0.2) is 16.9 Å². The first-order chi connectivity index (χ1) is 9.51. The zero-order valence-electron chi connectivity index (χ0n) is 11.7. The quantitative estimate of drug-likeness (QED) is 0.843. The maximum absolute atomic E-state index is 12.2. The van der Waals surface area contributed by atoms with E-state index in [1.54, 1.807) is 13.0 Å². The van der Waals surface area contributed by atoms with Crippen molar-refractivity contribution in [1.29, 1.82) is 0 Å². The van der Waals surface area contributed by atoms with Crippen molar-refractivity contribution in [3.05, 3.63) is 47.5 Å². The molecule has 3 heteroatoms. The second kappa shape index (κ2) is 5.87. The van der Waals surface area contributed by atoms with E-state index in [2.05, 4.69) is 19.1 Å². The first kappa shape index (κ1) is 14.3. The first-order valence-electron chi connectivity index (χ1n) is 6.80. The number of rotatable bonds is 5. The predicted octanol–water partition coefficient (Wildman–Crippen LogP) is 3.70. The Morgan fingerprint density at radius 3 is 2.40 bits per heavy atom. The molecule has 0 spiro atoms. The number of hydrogen-bond donors (Lipinski definition) is 1. The first-order valence-corrected chi connectivity index (χ1v) is 6.80. The van der Waals surface area contributed by atoms with Crippen LogP contribution < -0.4 is 0 Å². The van der Waals surface area contributed by atoms with Gasteiger partial charge in [-0.1, -0.05) is 44.2 Å². The Morgan fingerprint density at radius 2 is 1.75 bits per heavy atom. The van der Waals surface area contributed by atoms with E-state index in [9.17, 15) is 9.59 Å². The molecule has 2 aromatic carbocycles. The van der Waals surface area contributed by atoms with E-state index in [4.69, 9.17) is 5.11 Å². The van der Waals surface area contributed by atoms with Crippen molar-refractivity contribution in [3.8, 4) is 0 Å². The van der Waals surface area contributed by atoms with E-state index in [0.29, 0.717) is 5.56 Å². The van der Waals surface area contributed by atoms with Crippen LogP contribution in [0.5, 0.6) is 0 Å². The predicted molar refractivity (Wildman–Crippen MR) is 79.1 cm³/mol. The third-order valence-electron chi connectivity index (χ3n) is 3.53. The monoisotopic (exact) mass is 270 g/mol. The molecular formula is C17H18O3. The van der Waals surface area contributed by atoms with Crippen LogP contribution >= 0.6 is 0 Å². The minimum Gasteiger partial charge on any atom is -0.481 e. The summed E-state index contributed by atoms with van der Waals surface area (Å²) in [6.07, 6.45) is 0.845. The number of carbonyl (C=O) groups excluding carboxylic acids is 1. The summed E-state index contributed by atoms with van der Waals surface area (Å²) in [7, 11) is 0. The molecule has 0 fully saturated rings. The van der Waals surface area contributed by atoms with Crippen molar-refractivity contribution >= 4 is 22.5 Å². The molecule has 0 saturated carbocycles. The van der Waals surface area contributed by atoms with Crippen LogP contribution in [0.2, 0.25) is 0 Å². The average Bonchev–Trinajstić information content (AvgIpc) is 2.44. The van der Waals surface area contributed by atoms with Crippen LogP contribution in [0, 0.1) is 5.92 Å². The van der Waals surface area contributed by atoms with Gasteiger partial charge < -0.3 is 5.11 Å². The number of carbonyl (C=O) groups is 2. The normalized spacial score (nSPS) is 12.3. The molecule has 2 aromatic rings. The maximum Gasteiger partial charge on any atom is 0.304 e. The standard InChI is InChI=1S/C17H18O3/c1-3-12-4-5-14-10-15(7-6-13(14)9-12)17(20)11(2)8-16(18)19/h4-7,9-11H,3,8H2,1-2H3,(H,18,19). The summed E-state index contributed by atoms with van der Waals surface area (Å²) in [5.41, 5.74) is 1.84. The molecule has 1 N–H and O–H groups in total. The molecule has 1 unspecified atom stereocenters. The topological polar surface area (TPSA) is 54.4 Å². The van der Waals surface area contributed by atoms with Crippen LogP contribution in [0.15, 0.2) is 36.4 Å². The summed E-state index contributed by atoms with van der Waals surface area (Å²) >= 11 is 0. The van der Waals surface area contributed by atoms with Crippen LogP contribution in [-0.2, 0) is 11.2 Å². The van der Waals surface area contributed by atoms with Crippen LogP contribution in [0.1, 0.15) is 36.2 Å². The molecule has 0 radical (unpaired) electrons. The fraction of sp³-hybridized carbons (Fsp3) is 0.294. The number of carboxylic acids is 1. The molecule has 2 rings (SSSR count). The highest BCUT2D eigenvalue weighted by molar-refractivity contribution is 6.02. The molecule has 20 heavy (non-hydrogen) atoms. The van der Waals surface area contributed by atoms with Gasteiger partial charge >= 0.3 is 5.97 Å². The third-order valence-corrected chi connectivity index (χ3v) is 3.53. The van der Waals surface area contributed by atoms with Crippen LogP contribution in [0.3, 0.4) is 0 Å². The second-order valence-electron chi connectivity index (χ2n) is 5.11. The molecule has 3 nitrogen and oxygen atoms in total. The van der Waals surface area contributed by atoms with E-state index >= 15 is 0 Å². The van der Waals surface area contributed by atoms with Crippen molar-refractivity contribution in [2.45, 2.75) is 26.7 Å². The van der Waals surface area contributed by atoms with Gasteiger partial charge in [0.2, 0.25) is 0 Å². The highest BCUT2D eigenvalue weighted by Crippen LogP contribution is 2.21. The summed E-state index contributed by atoms with van der Waals surface area (Å²) < 4.78 is 0. The van der Waals surface area contributed by atoms with Crippen molar-refractivity contribution < 1.29 is 14.7 Å². The van der Waals surface area contributed by atoms with Crippen molar-refractivity contribution in [2.24, 2.45) is 5.92 Å². The van der Waals surface area contributed by atoms with E-state index < -0.39 is 11.9 Å². The number of benzene rings is 2. The van der Waals surface area contributed by atoms with Crippen molar-refractivity contribution in [2.75, 3.05) is 0 Å². The van der Waals surface area contributed by atoms with Gasteiger partial charge in [-0.2, -0.15) is 0 Å². The molecule has 0 aromatic heterocycles. The lowest BCUT2D eigenvalue weighted by atomic mass is 9.94. The van der Waals surface area contributed by atoms with Crippen LogP contribution in [0.4, 0.5) is 0 Å². The van der Waals surface area contributed by atoms with Gasteiger partial charge in [-0.15, -0.1) is 0 Å². The Balaban J connectivity index is 2.32. The molecule has 0 aliphatic carbocycles. The smallest absolute Gasteiger partial charge is 0.304 e. The van der Waals surface area contributed by atoms with Crippen molar-refractivity contribution in [1.82, 2.24) is 0 Å². The molecule has 0 amide bonds. The zero-order chi connectivity index (χ0) is 14.7.